The average molecular weight is 220 g/mol. The van der Waals surface area contributed by atoms with E-state index in [2.05, 4.69) is 43.5 Å². The summed E-state index contributed by atoms with van der Waals surface area (Å²) in [6.07, 6.45) is 1.22. The van der Waals surface area contributed by atoms with Gasteiger partial charge in [-0.1, -0.05) is 39.8 Å². The third kappa shape index (κ3) is 2.82. The van der Waals surface area contributed by atoms with Crippen LogP contribution in [0.5, 0.6) is 0 Å². The van der Waals surface area contributed by atoms with E-state index in [1.807, 2.05) is 25.2 Å². The van der Waals surface area contributed by atoms with Crippen molar-refractivity contribution in [2.24, 2.45) is 0 Å². The van der Waals surface area contributed by atoms with E-state index < -0.39 is 0 Å². The van der Waals surface area contributed by atoms with Gasteiger partial charge in [0.25, 0.3) is 0 Å². The maximum absolute atomic E-state index is 2.32. The van der Waals surface area contributed by atoms with Crippen molar-refractivity contribution in [1.29, 1.82) is 0 Å². The van der Waals surface area contributed by atoms with Gasteiger partial charge >= 0.3 is 0 Å². The fraction of sp³-hybridized carbons (Fsp3) is 0.429. The Hall–Kier alpha value is -0.820. The molecule has 0 fully saturated rings. The van der Waals surface area contributed by atoms with Gasteiger partial charge in [0.2, 0.25) is 0 Å². The maximum atomic E-state index is 2.32. The zero-order chi connectivity index (χ0) is 11.3. The van der Waals surface area contributed by atoms with Crippen molar-refractivity contribution in [2.45, 2.75) is 40.0 Å². The summed E-state index contributed by atoms with van der Waals surface area (Å²) in [5, 5.41) is 3.55. The largest absolute Gasteiger partial charge is 0.144 e. The van der Waals surface area contributed by atoms with Gasteiger partial charge in [-0.05, 0) is 40.8 Å². The fourth-order valence-corrected chi connectivity index (χ4v) is 2.30. The van der Waals surface area contributed by atoms with Crippen molar-refractivity contribution in [3.8, 4) is 0 Å². The minimum absolute atomic E-state index is 0.685. The molecular formula is C14H20S. The normalized spacial score (nSPS) is 12.0. The van der Waals surface area contributed by atoms with E-state index in [1.54, 1.807) is 0 Å². The molecule has 15 heavy (non-hydrogen) atoms. The van der Waals surface area contributed by atoms with Gasteiger partial charge in [0.05, 0.1) is 0 Å². The van der Waals surface area contributed by atoms with Gasteiger partial charge in [-0.15, -0.1) is 11.3 Å². The Labute approximate surface area is 96.9 Å². The molecular weight excluding hydrogens is 200 g/mol. The zero-order valence-corrected chi connectivity index (χ0v) is 10.9. The molecule has 1 unspecified atom stereocenters. The van der Waals surface area contributed by atoms with Crippen LogP contribution in [0.1, 0.15) is 45.6 Å². The van der Waals surface area contributed by atoms with Gasteiger partial charge in [0.15, 0.2) is 0 Å². The molecule has 0 nitrogen and oxygen atoms in total. The Morgan fingerprint density at radius 3 is 2.60 bits per heavy atom. The van der Waals surface area contributed by atoms with Gasteiger partial charge in [0, 0.05) is 4.70 Å². The molecule has 2 aromatic rings. The Bertz CT molecular complexity index is 400. The summed E-state index contributed by atoms with van der Waals surface area (Å²) in [6.45, 7) is 8.52. The van der Waals surface area contributed by atoms with Crippen LogP contribution in [0.4, 0.5) is 0 Å². The molecule has 0 saturated carbocycles. The topological polar surface area (TPSA) is 0 Å². The molecule has 0 aliphatic carbocycles. The summed E-state index contributed by atoms with van der Waals surface area (Å²) < 4.78 is 1.40. The SMILES string of the molecule is CC.CCC(C)c1ccc2sccc2c1. The molecule has 2 rings (SSSR count). The average Bonchev–Trinajstić information content (AvgIpc) is 2.77. The highest BCUT2D eigenvalue weighted by Crippen LogP contribution is 2.26. The van der Waals surface area contributed by atoms with E-state index in [-0.39, 0.29) is 0 Å². The van der Waals surface area contributed by atoms with Crippen molar-refractivity contribution in [3.05, 3.63) is 35.2 Å². The summed E-state index contributed by atoms with van der Waals surface area (Å²) in [7, 11) is 0. The smallest absolute Gasteiger partial charge is 0.0342 e. The second-order valence-electron chi connectivity index (χ2n) is 3.53. The van der Waals surface area contributed by atoms with E-state index in [0.717, 1.165) is 0 Å². The molecule has 0 spiro atoms. The predicted octanol–water partition coefficient (Wildman–Crippen LogP) is 5.44. The second kappa shape index (κ2) is 5.92. The number of benzene rings is 1. The molecule has 0 bridgehead atoms. The molecule has 0 saturated heterocycles. The van der Waals surface area contributed by atoms with Crippen molar-refractivity contribution >= 4 is 21.4 Å². The molecule has 1 atom stereocenters. The third-order valence-electron chi connectivity index (χ3n) is 2.66. The van der Waals surface area contributed by atoms with Crippen molar-refractivity contribution in [1.82, 2.24) is 0 Å². The minimum atomic E-state index is 0.685. The van der Waals surface area contributed by atoms with E-state index in [1.165, 1.54) is 22.1 Å². The highest BCUT2D eigenvalue weighted by Gasteiger charge is 2.03. The Balaban J connectivity index is 0.000000531. The lowest BCUT2D eigenvalue weighted by atomic mass is 9.98. The van der Waals surface area contributed by atoms with Crippen LogP contribution in [0.15, 0.2) is 29.6 Å². The number of fused-ring (bicyclic) bond motifs is 1. The van der Waals surface area contributed by atoms with Crippen LogP contribution in [0, 0.1) is 0 Å². The highest BCUT2D eigenvalue weighted by atomic mass is 32.1. The Morgan fingerprint density at radius 1 is 1.20 bits per heavy atom. The van der Waals surface area contributed by atoms with Crippen LogP contribution in [0.3, 0.4) is 0 Å². The highest BCUT2D eigenvalue weighted by molar-refractivity contribution is 7.17. The predicted molar refractivity (Wildman–Crippen MR) is 71.9 cm³/mol. The lowest BCUT2D eigenvalue weighted by Gasteiger charge is -2.08. The third-order valence-corrected chi connectivity index (χ3v) is 3.56. The number of rotatable bonds is 2. The first kappa shape index (κ1) is 12.3. The van der Waals surface area contributed by atoms with Gasteiger partial charge in [-0.3, -0.25) is 0 Å². The summed E-state index contributed by atoms with van der Waals surface area (Å²) in [5.41, 5.74) is 1.47. The van der Waals surface area contributed by atoms with E-state index in [0.29, 0.717) is 5.92 Å². The van der Waals surface area contributed by atoms with E-state index >= 15 is 0 Å². The van der Waals surface area contributed by atoms with Crippen molar-refractivity contribution in [2.75, 3.05) is 0 Å². The molecule has 82 valence electrons. The molecule has 0 aliphatic rings. The fourth-order valence-electron chi connectivity index (χ4n) is 1.53. The first-order chi connectivity index (χ1) is 7.31. The number of hydrogen-bond donors (Lipinski definition) is 0. The van der Waals surface area contributed by atoms with Crippen LogP contribution >= 0.6 is 11.3 Å². The standard InChI is InChI=1S/C12H14S.C2H6/c1-3-9(2)10-4-5-12-11(8-10)6-7-13-12;1-2/h4-9H,3H2,1-2H3;1-2H3. The van der Waals surface area contributed by atoms with Gasteiger partial charge < -0.3 is 0 Å². The van der Waals surface area contributed by atoms with Crippen molar-refractivity contribution < 1.29 is 0 Å². The molecule has 1 heteroatoms. The maximum Gasteiger partial charge on any atom is 0.0342 e. The lowest BCUT2D eigenvalue weighted by molar-refractivity contribution is 0.735. The van der Waals surface area contributed by atoms with E-state index in [9.17, 15) is 0 Å². The first-order valence-electron chi connectivity index (χ1n) is 5.78. The zero-order valence-electron chi connectivity index (χ0n) is 10.1. The Morgan fingerprint density at radius 2 is 1.93 bits per heavy atom. The molecule has 1 aromatic heterocycles. The van der Waals surface area contributed by atoms with Crippen LogP contribution in [-0.2, 0) is 0 Å². The van der Waals surface area contributed by atoms with E-state index in [4.69, 9.17) is 0 Å². The molecule has 0 aliphatic heterocycles. The van der Waals surface area contributed by atoms with Gasteiger partial charge in [-0.2, -0.15) is 0 Å². The quantitative estimate of drug-likeness (QED) is 0.632. The second-order valence-corrected chi connectivity index (χ2v) is 4.47. The Kier molecular flexibility index (Phi) is 4.83. The molecule has 1 heterocycles. The van der Waals surface area contributed by atoms with Gasteiger partial charge in [0.1, 0.15) is 0 Å². The van der Waals surface area contributed by atoms with Crippen molar-refractivity contribution in [3.63, 3.8) is 0 Å². The van der Waals surface area contributed by atoms with Crippen LogP contribution in [-0.4, -0.2) is 0 Å². The molecule has 0 N–H and O–H groups in total. The first-order valence-corrected chi connectivity index (χ1v) is 6.66. The lowest BCUT2D eigenvalue weighted by Crippen LogP contribution is -1.89. The molecule has 0 amide bonds. The summed E-state index contributed by atoms with van der Waals surface area (Å²) >= 11 is 1.82. The van der Waals surface area contributed by atoms with Gasteiger partial charge in [-0.25, -0.2) is 0 Å². The van der Waals surface area contributed by atoms with Crippen LogP contribution < -0.4 is 0 Å². The summed E-state index contributed by atoms with van der Waals surface area (Å²) in [6, 6.07) is 9.01. The van der Waals surface area contributed by atoms with Crippen LogP contribution in [0.25, 0.3) is 10.1 Å². The molecule has 1 aromatic carbocycles. The summed E-state index contributed by atoms with van der Waals surface area (Å²) in [4.78, 5) is 0. The number of hydrogen-bond acceptors (Lipinski definition) is 1. The monoisotopic (exact) mass is 220 g/mol. The number of thiophene rings is 1. The van der Waals surface area contributed by atoms with Crippen LogP contribution in [0.2, 0.25) is 0 Å². The molecule has 0 radical (unpaired) electrons. The summed E-state index contributed by atoms with van der Waals surface area (Å²) in [5.74, 6) is 0.685. The minimum Gasteiger partial charge on any atom is -0.144 e.